The van der Waals surface area contributed by atoms with Crippen LogP contribution in [0.3, 0.4) is 0 Å². The van der Waals surface area contributed by atoms with Gasteiger partial charge in [0.25, 0.3) is 11.8 Å². The van der Waals surface area contributed by atoms with Crippen LogP contribution in [0.25, 0.3) is 5.82 Å². The third kappa shape index (κ3) is 5.49. The number of benzene rings is 1. The highest BCUT2D eigenvalue weighted by Gasteiger charge is 2.31. The van der Waals surface area contributed by atoms with Crippen molar-refractivity contribution in [3.8, 4) is 5.82 Å². The molecule has 1 atom stereocenters. The van der Waals surface area contributed by atoms with Gasteiger partial charge in [-0.2, -0.15) is 4.68 Å². The topological polar surface area (TPSA) is 140 Å². The molecule has 4 rings (SSSR count). The number of hydrogen-bond acceptors (Lipinski definition) is 8. The second kappa shape index (κ2) is 9.34. The Balaban J connectivity index is 1.67. The van der Waals surface area contributed by atoms with Crippen molar-refractivity contribution in [1.29, 1.82) is 0 Å². The zero-order chi connectivity index (χ0) is 25.5. The predicted octanol–water partition coefficient (Wildman–Crippen LogP) is 2.18. The third-order valence-corrected chi connectivity index (χ3v) is 6.69. The number of halogens is 1. The molecule has 0 bridgehead atoms. The van der Waals surface area contributed by atoms with Crippen LogP contribution in [0.4, 0.5) is 0 Å². The van der Waals surface area contributed by atoms with Crippen LogP contribution < -0.4 is 5.32 Å². The number of carbonyl (C=O) groups excluding carboxylic acids is 2. The summed E-state index contributed by atoms with van der Waals surface area (Å²) in [5.41, 5.74) is 0.289. The second-order valence-electron chi connectivity index (χ2n) is 8.62. The van der Waals surface area contributed by atoms with Gasteiger partial charge in [0.2, 0.25) is 0 Å². The van der Waals surface area contributed by atoms with Crippen molar-refractivity contribution in [1.82, 2.24) is 34.9 Å². The van der Waals surface area contributed by atoms with E-state index in [9.17, 15) is 18.0 Å². The molecule has 35 heavy (non-hydrogen) atoms. The molecule has 1 fully saturated rings. The van der Waals surface area contributed by atoms with Crippen molar-refractivity contribution in [2.24, 2.45) is 0 Å². The van der Waals surface area contributed by atoms with Crippen LogP contribution in [0.2, 0.25) is 5.02 Å². The summed E-state index contributed by atoms with van der Waals surface area (Å²) in [7, 11) is -0.310. The normalized spacial score (nSPS) is 14.4. The van der Waals surface area contributed by atoms with E-state index >= 15 is 0 Å². The molecule has 3 aromatic rings. The van der Waals surface area contributed by atoms with Gasteiger partial charge in [-0.25, -0.2) is 23.4 Å². The molecule has 2 heterocycles. The van der Waals surface area contributed by atoms with Crippen LogP contribution in [0.1, 0.15) is 64.2 Å². The number of nitrogens with one attached hydrogen (secondary N) is 1. The van der Waals surface area contributed by atoms with Crippen molar-refractivity contribution >= 4 is 33.3 Å². The van der Waals surface area contributed by atoms with Crippen LogP contribution in [-0.4, -0.2) is 70.2 Å². The molecule has 0 radical (unpaired) electrons. The molecule has 0 aliphatic heterocycles. The lowest BCUT2D eigenvalue weighted by Crippen LogP contribution is -2.29. The lowest BCUT2D eigenvalue weighted by Gasteiger charge is -2.15. The van der Waals surface area contributed by atoms with E-state index in [1.165, 1.54) is 40.2 Å². The predicted molar refractivity (Wildman–Crippen MR) is 127 cm³/mol. The van der Waals surface area contributed by atoms with Crippen molar-refractivity contribution in [3.05, 3.63) is 58.5 Å². The van der Waals surface area contributed by atoms with E-state index in [0.717, 1.165) is 19.1 Å². The highest BCUT2D eigenvalue weighted by molar-refractivity contribution is 7.90. The minimum atomic E-state index is -3.56. The number of carbonyl (C=O) groups is 2. The molecule has 11 nitrogen and oxygen atoms in total. The van der Waals surface area contributed by atoms with Crippen LogP contribution in [0.15, 0.2) is 35.5 Å². The quantitative estimate of drug-likeness (QED) is 0.503. The smallest absolute Gasteiger partial charge is 0.272 e. The van der Waals surface area contributed by atoms with Gasteiger partial charge < -0.3 is 10.2 Å². The summed E-state index contributed by atoms with van der Waals surface area (Å²) < 4.78 is 25.4. The molecule has 0 spiro atoms. The van der Waals surface area contributed by atoms with Gasteiger partial charge >= 0.3 is 0 Å². The average molecular weight is 518 g/mol. The summed E-state index contributed by atoms with van der Waals surface area (Å²) in [5.74, 6) is 0.783. The molecule has 1 aliphatic rings. The SMILES string of the molecule is C[C@H](NC(=O)c1cc(Cl)cc(S(C)(=O)=O)c1)c1nc(C2CC2)nn1-c1cc(C(=O)N(C)C)ncn1. The Hall–Kier alpha value is -3.38. The molecule has 0 saturated heterocycles. The highest BCUT2D eigenvalue weighted by atomic mass is 35.5. The molecule has 2 aromatic heterocycles. The average Bonchev–Trinajstić information content (AvgIpc) is 3.55. The minimum Gasteiger partial charge on any atom is -0.343 e. The van der Waals surface area contributed by atoms with Crippen molar-refractivity contribution < 1.29 is 18.0 Å². The second-order valence-corrected chi connectivity index (χ2v) is 11.1. The molecule has 1 saturated carbocycles. The summed E-state index contributed by atoms with van der Waals surface area (Å²) in [6.07, 6.45) is 4.25. The zero-order valence-electron chi connectivity index (χ0n) is 19.6. The fraction of sp³-hybridized carbons (Fsp3) is 0.364. The number of nitrogens with zero attached hydrogens (tertiary/aromatic N) is 6. The highest BCUT2D eigenvalue weighted by Crippen LogP contribution is 2.38. The molecule has 2 amide bonds. The van der Waals surface area contributed by atoms with Gasteiger partial charge in [0.1, 0.15) is 12.0 Å². The fourth-order valence-corrected chi connectivity index (χ4v) is 4.35. The first-order valence-electron chi connectivity index (χ1n) is 10.8. The van der Waals surface area contributed by atoms with E-state index in [4.69, 9.17) is 11.6 Å². The first kappa shape index (κ1) is 24.7. The lowest BCUT2D eigenvalue weighted by molar-refractivity contribution is 0.0821. The summed E-state index contributed by atoms with van der Waals surface area (Å²) in [4.78, 5) is 39.6. The van der Waals surface area contributed by atoms with Gasteiger partial charge in [-0.15, -0.1) is 5.10 Å². The van der Waals surface area contributed by atoms with E-state index in [1.54, 1.807) is 21.0 Å². The Kier molecular flexibility index (Phi) is 6.60. The van der Waals surface area contributed by atoms with E-state index in [-0.39, 0.29) is 33.0 Å². The summed E-state index contributed by atoms with van der Waals surface area (Å²) in [5, 5.41) is 7.54. The van der Waals surface area contributed by atoms with Gasteiger partial charge in [-0.1, -0.05) is 11.6 Å². The molecule has 1 aliphatic carbocycles. The largest absolute Gasteiger partial charge is 0.343 e. The maximum Gasteiger partial charge on any atom is 0.272 e. The van der Waals surface area contributed by atoms with E-state index < -0.39 is 21.8 Å². The zero-order valence-corrected chi connectivity index (χ0v) is 21.1. The Morgan fingerprint density at radius 2 is 1.89 bits per heavy atom. The van der Waals surface area contributed by atoms with E-state index in [1.807, 2.05) is 0 Å². The Morgan fingerprint density at radius 3 is 2.51 bits per heavy atom. The molecule has 13 heteroatoms. The molecular formula is C22H24ClN7O4S. The number of hydrogen-bond donors (Lipinski definition) is 1. The molecular weight excluding hydrogens is 494 g/mol. The molecule has 1 N–H and O–H groups in total. The van der Waals surface area contributed by atoms with Crippen LogP contribution in [0, 0.1) is 0 Å². The molecule has 1 aromatic carbocycles. The van der Waals surface area contributed by atoms with Gasteiger partial charge in [0, 0.05) is 42.9 Å². The van der Waals surface area contributed by atoms with Gasteiger partial charge in [-0.05, 0) is 38.0 Å². The lowest BCUT2D eigenvalue weighted by atomic mass is 10.2. The maximum absolute atomic E-state index is 13.0. The summed E-state index contributed by atoms with van der Waals surface area (Å²) >= 11 is 6.05. The summed E-state index contributed by atoms with van der Waals surface area (Å²) in [6, 6.07) is 4.83. The van der Waals surface area contributed by atoms with E-state index in [0.29, 0.717) is 17.5 Å². The standard InChI is InChI=1S/C22H24ClN7O4S/c1-12(26-21(31)14-7-15(23)9-16(8-14)35(4,33)34)20-27-19(13-5-6-13)28-30(20)18-10-17(24-11-25-18)22(32)29(2)3/h7-13H,5-6H2,1-4H3,(H,26,31)/t12-/m0/s1. The Labute approximate surface area is 207 Å². The first-order valence-corrected chi connectivity index (χ1v) is 13.0. The van der Waals surface area contributed by atoms with Gasteiger partial charge in [0.15, 0.2) is 27.3 Å². The van der Waals surface area contributed by atoms with Crippen molar-refractivity contribution in [3.63, 3.8) is 0 Å². The summed E-state index contributed by atoms with van der Waals surface area (Å²) in [6.45, 7) is 1.73. The molecule has 184 valence electrons. The van der Waals surface area contributed by atoms with E-state index in [2.05, 4.69) is 25.4 Å². The van der Waals surface area contributed by atoms with Crippen molar-refractivity contribution in [2.45, 2.75) is 36.6 Å². The number of rotatable bonds is 7. The van der Waals surface area contributed by atoms with Gasteiger partial charge in [-0.3, -0.25) is 9.59 Å². The third-order valence-electron chi connectivity index (χ3n) is 5.38. The van der Waals surface area contributed by atoms with Crippen LogP contribution >= 0.6 is 11.6 Å². The van der Waals surface area contributed by atoms with Crippen LogP contribution in [0.5, 0.6) is 0 Å². The maximum atomic E-state index is 13.0. The number of sulfone groups is 1. The Morgan fingerprint density at radius 1 is 1.17 bits per heavy atom. The monoisotopic (exact) mass is 517 g/mol. The van der Waals surface area contributed by atoms with Gasteiger partial charge in [0.05, 0.1) is 10.9 Å². The van der Waals surface area contributed by atoms with Crippen LogP contribution in [-0.2, 0) is 9.84 Å². The Bertz CT molecular complexity index is 1420. The molecule has 0 unspecified atom stereocenters. The first-order chi connectivity index (χ1) is 16.4. The minimum absolute atomic E-state index is 0.0546. The number of aromatic nitrogens is 5. The van der Waals surface area contributed by atoms with Crippen molar-refractivity contribution in [2.75, 3.05) is 20.4 Å². The fourth-order valence-electron chi connectivity index (χ4n) is 3.37. The number of amides is 2.